The zero-order valence-electron chi connectivity index (χ0n) is 10.1. The van der Waals surface area contributed by atoms with E-state index in [2.05, 4.69) is 36.2 Å². The number of rotatable bonds is 5. The van der Waals surface area contributed by atoms with E-state index in [9.17, 15) is 0 Å². The van der Waals surface area contributed by atoms with Gasteiger partial charge in [-0.05, 0) is 23.6 Å². The molecule has 4 nitrogen and oxygen atoms in total. The summed E-state index contributed by atoms with van der Waals surface area (Å²) in [7, 11) is 0. The van der Waals surface area contributed by atoms with Gasteiger partial charge in [-0.15, -0.1) is 16.9 Å². The summed E-state index contributed by atoms with van der Waals surface area (Å²) in [5.74, 6) is 1.75. The highest BCUT2D eigenvalue weighted by molar-refractivity contribution is 7.99. The van der Waals surface area contributed by atoms with E-state index < -0.39 is 0 Å². The number of nitrogens with zero attached hydrogens (tertiary/aromatic N) is 2. The van der Waals surface area contributed by atoms with E-state index in [1.54, 1.807) is 6.21 Å². The second-order valence-electron chi connectivity index (χ2n) is 4.05. The minimum atomic E-state index is -0.0356. The molecule has 0 radical (unpaired) electrons. The molecule has 0 aliphatic heterocycles. The fourth-order valence-corrected chi connectivity index (χ4v) is 2.03. The van der Waals surface area contributed by atoms with Crippen LogP contribution in [0, 0.1) is 5.92 Å². The Morgan fingerprint density at radius 1 is 1.41 bits per heavy atom. The molecule has 92 valence electrons. The first-order valence-electron chi connectivity index (χ1n) is 5.42. The van der Waals surface area contributed by atoms with Crippen LogP contribution in [-0.2, 0) is 0 Å². The number of nitrogens with two attached hydrogens (primary N) is 2. The molecule has 0 aliphatic rings. The molecule has 1 aromatic carbocycles. The normalized spacial score (nSPS) is 11.0. The Bertz CT molecular complexity index is 409. The minimum Gasteiger partial charge on any atom is -0.369 e. The van der Waals surface area contributed by atoms with Crippen LogP contribution >= 0.6 is 11.8 Å². The summed E-state index contributed by atoms with van der Waals surface area (Å²) in [6.45, 7) is 4.41. The lowest BCUT2D eigenvalue weighted by molar-refractivity contribution is 0.750. The van der Waals surface area contributed by atoms with Gasteiger partial charge in [-0.2, -0.15) is 5.10 Å². The molecule has 0 bridgehead atoms. The summed E-state index contributed by atoms with van der Waals surface area (Å²) in [6, 6.07) is 8.12. The van der Waals surface area contributed by atoms with Crippen molar-refractivity contribution in [3.63, 3.8) is 0 Å². The zero-order valence-corrected chi connectivity index (χ0v) is 10.9. The van der Waals surface area contributed by atoms with Crippen molar-refractivity contribution in [2.45, 2.75) is 18.7 Å². The number of hydrogen-bond acceptors (Lipinski definition) is 3. The molecule has 0 aliphatic carbocycles. The van der Waals surface area contributed by atoms with Crippen LogP contribution < -0.4 is 11.5 Å². The number of benzene rings is 1. The largest absolute Gasteiger partial charge is 0.369 e. The average molecular weight is 250 g/mol. The number of guanidine groups is 1. The Morgan fingerprint density at radius 2 is 2.18 bits per heavy atom. The van der Waals surface area contributed by atoms with Crippen LogP contribution in [0.25, 0.3) is 0 Å². The van der Waals surface area contributed by atoms with Gasteiger partial charge in [0.2, 0.25) is 5.96 Å². The van der Waals surface area contributed by atoms with Crippen LogP contribution in [0.15, 0.2) is 39.4 Å². The Morgan fingerprint density at radius 3 is 2.82 bits per heavy atom. The maximum atomic E-state index is 5.18. The van der Waals surface area contributed by atoms with Gasteiger partial charge in [-0.25, -0.2) is 0 Å². The predicted molar refractivity (Wildman–Crippen MR) is 75.4 cm³/mol. The number of hydrogen-bond donors (Lipinski definition) is 2. The number of thioether (sulfide) groups is 1. The SMILES string of the molecule is CC(C)CSc1cccc(C=NN=C(N)N)c1. The molecule has 4 N–H and O–H groups in total. The van der Waals surface area contributed by atoms with Crippen LogP contribution in [-0.4, -0.2) is 17.9 Å². The third-order valence-corrected chi connectivity index (χ3v) is 3.24. The van der Waals surface area contributed by atoms with E-state index in [-0.39, 0.29) is 5.96 Å². The smallest absolute Gasteiger partial charge is 0.211 e. The highest BCUT2D eigenvalue weighted by Crippen LogP contribution is 2.21. The topological polar surface area (TPSA) is 76.8 Å². The quantitative estimate of drug-likeness (QED) is 0.363. The Labute approximate surface area is 106 Å². The van der Waals surface area contributed by atoms with Crippen molar-refractivity contribution in [3.05, 3.63) is 29.8 Å². The molecule has 1 aromatic rings. The van der Waals surface area contributed by atoms with E-state index in [1.165, 1.54) is 4.90 Å². The van der Waals surface area contributed by atoms with Crippen molar-refractivity contribution >= 4 is 23.9 Å². The van der Waals surface area contributed by atoms with E-state index >= 15 is 0 Å². The van der Waals surface area contributed by atoms with Gasteiger partial charge < -0.3 is 11.5 Å². The summed E-state index contributed by atoms with van der Waals surface area (Å²) >= 11 is 1.84. The summed E-state index contributed by atoms with van der Waals surface area (Å²) < 4.78 is 0. The molecule has 0 aromatic heterocycles. The second-order valence-corrected chi connectivity index (χ2v) is 5.14. The van der Waals surface area contributed by atoms with E-state index in [0.717, 1.165) is 11.3 Å². The fourth-order valence-electron chi connectivity index (χ4n) is 1.11. The van der Waals surface area contributed by atoms with Crippen LogP contribution in [0.4, 0.5) is 0 Å². The van der Waals surface area contributed by atoms with Crippen molar-refractivity contribution in [3.8, 4) is 0 Å². The van der Waals surface area contributed by atoms with Crippen LogP contribution in [0.3, 0.4) is 0 Å². The summed E-state index contributed by atoms with van der Waals surface area (Å²) in [4.78, 5) is 1.23. The fraction of sp³-hybridized carbons (Fsp3) is 0.333. The second kappa shape index (κ2) is 6.96. The Balaban J connectivity index is 2.65. The van der Waals surface area contributed by atoms with Crippen molar-refractivity contribution in [2.75, 3.05) is 5.75 Å². The molecule has 0 spiro atoms. The highest BCUT2D eigenvalue weighted by Gasteiger charge is 1.98. The van der Waals surface area contributed by atoms with Crippen LogP contribution in [0.2, 0.25) is 0 Å². The van der Waals surface area contributed by atoms with Crippen LogP contribution in [0.5, 0.6) is 0 Å². The molecule has 5 heteroatoms. The molecule has 1 rings (SSSR count). The maximum Gasteiger partial charge on any atom is 0.211 e. The Hall–Kier alpha value is -1.49. The van der Waals surface area contributed by atoms with Crippen molar-refractivity contribution < 1.29 is 0 Å². The minimum absolute atomic E-state index is 0.0356. The Kier molecular flexibility index (Phi) is 5.56. The monoisotopic (exact) mass is 250 g/mol. The summed E-state index contributed by atoms with van der Waals surface area (Å²) in [5.41, 5.74) is 11.3. The predicted octanol–water partition coefficient (Wildman–Crippen LogP) is 2.04. The maximum absolute atomic E-state index is 5.18. The molecular formula is C12H18N4S. The average Bonchev–Trinajstić information content (AvgIpc) is 2.26. The molecule has 0 amide bonds. The van der Waals surface area contributed by atoms with Gasteiger partial charge in [0.1, 0.15) is 0 Å². The first-order chi connectivity index (χ1) is 8.08. The highest BCUT2D eigenvalue weighted by atomic mass is 32.2. The van der Waals surface area contributed by atoms with Crippen molar-refractivity contribution in [1.29, 1.82) is 0 Å². The van der Waals surface area contributed by atoms with Gasteiger partial charge in [-0.3, -0.25) is 0 Å². The third-order valence-electron chi connectivity index (χ3n) is 1.82. The molecule has 0 atom stereocenters. The lowest BCUT2D eigenvalue weighted by Gasteiger charge is -2.04. The third kappa shape index (κ3) is 5.97. The van der Waals surface area contributed by atoms with Gasteiger partial charge in [0.25, 0.3) is 0 Å². The summed E-state index contributed by atoms with van der Waals surface area (Å²) in [5, 5.41) is 7.34. The van der Waals surface area contributed by atoms with Gasteiger partial charge in [0.15, 0.2) is 0 Å². The van der Waals surface area contributed by atoms with Gasteiger partial charge in [-0.1, -0.05) is 26.0 Å². The molecular weight excluding hydrogens is 232 g/mol. The van der Waals surface area contributed by atoms with E-state index in [1.807, 2.05) is 23.9 Å². The summed E-state index contributed by atoms with van der Waals surface area (Å²) in [6.07, 6.45) is 1.64. The zero-order chi connectivity index (χ0) is 12.7. The van der Waals surface area contributed by atoms with E-state index in [0.29, 0.717) is 5.92 Å². The first kappa shape index (κ1) is 13.6. The molecule has 0 saturated heterocycles. The van der Waals surface area contributed by atoms with Crippen LogP contribution in [0.1, 0.15) is 19.4 Å². The molecule has 0 heterocycles. The molecule has 0 fully saturated rings. The molecule has 17 heavy (non-hydrogen) atoms. The molecule has 0 unspecified atom stereocenters. The lowest BCUT2D eigenvalue weighted by atomic mass is 10.2. The van der Waals surface area contributed by atoms with E-state index in [4.69, 9.17) is 11.5 Å². The van der Waals surface area contributed by atoms with Gasteiger partial charge >= 0.3 is 0 Å². The first-order valence-corrected chi connectivity index (χ1v) is 6.41. The molecule has 0 saturated carbocycles. The standard InChI is InChI=1S/C12H18N4S/c1-9(2)8-17-11-5-3-4-10(6-11)7-15-16-12(13)14/h3-7,9H,8H2,1-2H3,(H4,13,14,16). The van der Waals surface area contributed by atoms with Gasteiger partial charge in [0, 0.05) is 10.6 Å². The van der Waals surface area contributed by atoms with Crippen molar-refractivity contribution in [2.24, 2.45) is 27.6 Å². The van der Waals surface area contributed by atoms with Crippen molar-refractivity contribution in [1.82, 2.24) is 0 Å². The lowest BCUT2D eigenvalue weighted by Crippen LogP contribution is -2.21. The van der Waals surface area contributed by atoms with Gasteiger partial charge in [0.05, 0.1) is 6.21 Å².